The van der Waals surface area contributed by atoms with Gasteiger partial charge in [-0.25, -0.2) is 4.79 Å². The number of nitrogens with one attached hydrogen (secondary N) is 1. The van der Waals surface area contributed by atoms with Crippen LogP contribution in [0.2, 0.25) is 0 Å². The Hall–Kier alpha value is -1.69. The summed E-state index contributed by atoms with van der Waals surface area (Å²) in [5.74, 6) is 0.337. The number of ether oxygens (including phenoxy) is 1. The molecule has 1 fully saturated rings. The van der Waals surface area contributed by atoms with E-state index in [1.807, 2.05) is 0 Å². The fourth-order valence-electron chi connectivity index (χ4n) is 1.85. The van der Waals surface area contributed by atoms with Gasteiger partial charge in [-0.15, -0.1) is 10.2 Å². The largest absolute Gasteiger partial charge is 0.464 e. The van der Waals surface area contributed by atoms with E-state index in [2.05, 4.69) is 32.1 Å². The van der Waals surface area contributed by atoms with Crippen LogP contribution in [0.25, 0.3) is 0 Å². The van der Waals surface area contributed by atoms with Crippen LogP contribution in [0, 0.1) is 0 Å². The Morgan fingerprint density at radius 2 is 2.35 bits per heavy atom. The Kier molecular flexibility index (Phi) is 3.53. The second-order valence-electron chi connectivity index (χ2n) is 4.07. The van der Waals surface area contributed by atoms with Crippen molar-refractivity contribution >= 4 is 11.8 Å². The molecule has 0 aliphatic carbocycles. The van der Waals surface area contributed by atoms with Gasteiger partial charge in [-0.2, -0.15) is 0 Å². The normalized spacial score (nSPS) is 20.1. The monoisotopic (exact) mass is 236 g/mol. The lowest BCUT2D eigenvalue weighted by atomic mass is 10.2. The molecule has 2 rings (SSSR count). The summed E-state index contributed by atoms with van der Waals surface area (Å²) in [7, 11) is 1.33. The first-order valence-corrected chi connectivity index (χ1v) is 5.61. The van der Waals surface area contributed by atoms with Crippen LogP contribution < -0.4 is 10.2 Å². The van der Waals surface area contributed by atoms with E-state index >= 15 is 0 Å². The van der Waals surface area contributed by atoms with Crippen molar-refractivity contribution in [2.24, 2.45) is 0 Å². The van der Waals surface area contributed by atoms with Gasteiger partial charge in [0, 0.05) is 25.7 Å². The number of esters is 1. The lowest BCUT2D eigenvalue weighted by Gasteiger charge is -2.32. The number of methoxy groups -OCH3 is 1. The zero-order valence-corrected chi connectivity index (χ0v) is 10.0. The molecule has 6 nitrogen and oxygen atoms in total. The van der Waals surface area contributed by atoms with Crippen LogP contribution in [-0.4, -0.2) is 49.0 Å². The first-order chi connectivity index (χ1) is 8.20. The summed E-state index contributed by atoms with van der Waals surface area (Å²) in [5, 5.41) is 11.3. The predicted molar refractivity (Wildman–Crippen MR) is 63.0 cm³/mol. The summed E-state index contributed by atoms with van der Waals surface area (Å²) in [5.41, 5.74) is 0.236. The topological polar surface area (TPSA) is 67.3 Å². The number of aromatic nitrogens is 2. The molecule has 0 saturated carbocycles. The van der Waals surface area contributed by atoms with E-state index in [1.165, 1.54) is 7.11 Å². The maximum atomic E-state index is 11.2. The van der Waals surface area contributed by atoms with E-state index in [0.717, 1.165) is 25.5 Å². The Bertz CT molecular complexity index is 393. The predicted octanol–water partition coefficient (Wildman–Crippen LogP) is 0.0613. The molecular formula is C11H16N4O2. The summed E-state index contributed by atoms with van der Waals surface area (Å²) in [6.45, 7) is 4.85. The highest BCUT2D eigenvalue weighted by atomic mass is 16.5. The van der Waals surface area contributed by atoms with Crippen molar-refractivity contribution in [3.05, 3.63) is 17.8 Å². The van der Waals surface area contributed by atoms with Crippen molar-refractivity contribution in [1.82, 2.24) is 15.5 Å². The molecule has 92 valence electrons. The van der Waals surface area contributed by atoms with Crippen molar-refractivity contribution in [3.63, 3.8) is 0 Å². The van der Waals surface area contributed by atoms with Gasteiger partial charge in [0.05, 0.1) is 7.11 Å². The van der Waals surface area contributed by atoms with Gasteiger partial charge in [-0.1, -0.05) is 0 Å². The third-order valence-corrected chi connectivity index (χ3v) is 2.74. The average molecular weight is 236 g/mol. The molecule has 1 atom stereocenters. The highest BCUT2D eigenvalue weighted by Gasteiger charge is 2.17. The molecule has 0 aromatic carbocycles. The minimum Gasteiger partial charge on any atom is -0.464 e. The van der Waals surface area contributed by atoms with Crippen LogP contribution in [0.3, 0.4) is 0 Å². The average Bonchev–Trinajstić information content (AvgIpc) is 2.38. The molecule has 0 radical (unpaired) electrons. The smallest absolute Gasteiger partial charge is 0.358 e. The minimum absolute atomic E-state index is 0.236. The Labute approximate surface area is 100.0 Å². The van der Waals surface area contributed by atoms with Crippen LogP contribution in [0.1, 0.15) is 17.4 Å². The second-order valence-corrected chi connectivity index (χ2v) is 4.07. The lowest BCUT2D eigenvalue weighted by molar-refractivity contribution is 0.0592. The van der Waals surface area contributed by atoms with Gasteiger partial charge in [0.1, 0.15) is 0 Å². The molecule has 1 aliphatic rings. The highest BCUT2D eigenvalue weighted by molar-refractivity contribution is 5.86. The number of carbonyl (C=O) groups is 1. The number of carbonyl (C=O) groups excluding carboxylic acids is 1. The van der Waals surface area contributed by atoms with Gasteiger partial charge in [0.15, 0.2) is 11.5 Å². The van der Waals surface area contributed by atoms with Crippen LogP contribution in [-0.2, 0) is 4.74 Å². The van der Waals surface area contributed by atoms with Crippen LogP contribution in [0.4, 0.5) is 5.82 Å². The Morgan fingerprint density at radius 3 is 2.94 bits per heavy atom. The summed E-state index contributed by atoms with van der Waals surface area (Å²) >= 11 is 0. The van der Waals surface area contributed by atoms with Crippen molar-refractivity contribution in [3.8, 4) is 0 Å². The van der Waals surface area contributed by atoms with E-state index in [1.54, 1.807) is 12.1 Å². The number of nitrogens with zero attached hydrogens (tertiary/aromatic N) is 3. The number of hydrogen-bond acceptors (Lipinski definition) is 6. The first-order valence-electron chi connectivity index (χ1n) is 5.61. The molecule has 17 heavy (non-hydrogen) atoms. The van der Waals surface area contributed by atoms with Crippen molar-refractivity contribution in [2.45, 2.75) is 13.0 Å². The van der Waals surface area contributed by atoms with E-state index in [0.29, 0.717) is 6.04 Å². The number of hydrogen-bond donors (Lipinski definition) is 1. The number of anilines is 1. The number of piperazine rings is 1. The van der Waals surface area contributed by atoms with Gasteiger partial charge >= 0.3 is 5.97 Å². The molecule has 0 amide bonds. The third-order valence-electron chi connectivity index (χ3n) is 2.74. The van der Waals surface area contributed by atoms with E-state index < -0.39 is 5.97 Å². The maximum Gasteiger partial charge on any atom is 0.358 e. The lowest BCUT2D eigenvalue weighted by Crippen LogP contribution is -2.49. The first kappa shape index (κ1) is 11.8. The molecule has 1 aliphatic heterocycles. The van der Waals surface area contributed by atoms with Gasteiger partial charge in [-0.3, -0.25) is 0 Å². The van der Waals surface area contributed by atoms with Gasteiger partial charge < -0.3 is 15.0 Å². The molecule has 1 aromatic heterocycles. The fourth-order valence-corrected chi connectivity index (χ4v) is 1.85. The second kappa shape index (κ2) is 5.09. The van der Waals surface area contributed by atoms with Crippen molar-refractivity contribution < 1.29 is 9.53 Å². The number of rotatable bonds is 2. The van der Waals surface area contributed by atoms with Crippen molar-refractivity contribution in [1.29, 1.82) is 0 Å². The molecule has 6 heteroatoms. The van der Waals surface area contributed by atoms with Gasteiger partial charge in [0.2, 0.25) is 0 Å². The molecule has 1 saturated heterocycles. The quantitative estimate of drug-likeness (QED) is 0.732. The zero-order chi connectivity index (χ0) is 12.3. The summed E-state index contributed by atoms with van der Waals surface area (Å²) in [6.07, 6.45) is 0. The summed E-state index contributed by atoms with van der Waals surface area (Å²) in [6, 6.07) is 3.88. The standard InChI is InChI=1S/C11H16N4O2/c1-8-7-15(6-5-12-8)10-4-3-9(13-14-10)11(16)17-2/h3-4,8,12H,5-7H2,1-2H3/t8-/m0/s1. The fraction of sp³-hybridized carbons (Fsp3) is 0.545. The van der Waals surface area contributed by atoms with Crippen molar-refractivity contribution in [2.75, 3.05) is 31.6 Å². The zero-order valence-electron chi connectivity index (χ0n) is 10.0. The Morgan fingerprint density at radius 1 is 1.53 bits per heavy atom. The molecule has 0 unspecified atom stereocenters. The molecule has 0 bridgehead atoms. The maximum absolute atomic E-state index is 11.2. The molecule has 1 aromatic rings. The van der Waals surface area contributed by atoms with Crippen LogP contribution in [0.15, 0.2) is 12.1 Å². The minimum atomic E-state index is -0.460. The molecule has 0 spiro atoms. The molecule has 1 N–H and O–H groups in total. The van der Waals surface area contributed by atoms with Gasteiger partial charge in [-0.05, 0) is 19.1 Å². The molecule has 2 heterocycles. The Balaban J connectivity index is 2.09. The van der Waals surface area contributed by atoms with E-state index in [4.69, 9.17) is 0 Å². The van der Waals surface area contributed by atoms with E-state index in [9.17, 15) is 4.79 Å². The van der Waals surface area contributed by atoms with Gasteiger partial charge in [0.25, 0.3) is 0 Å². The van der Waals surface area contributed by atoms with E-state index in [-0.39, 0.29) is 5.69 Å². The summed E-state index contributed by atoms with van der Waals surface area (Å²) < 4.78 is 4.57. The van der Waals surface area contributed by atoms with Crippen LogP contribution >= 0.6 is 0 Å². The van der Waals surface area contributed by atoms with Crippen LogP contribution in [0.5, 0.6) is 0 Å². The SMILES string of the molecule is COC(=O)c1ccc(N2CCN[C@@H](C)C2)nn1. The molecular weight excluding hydrogens is 220 g/mol. The summed E-state index contributed by atoms with van der Waals surface area (Å²) in [4.78, 5) is 13.4. The highest BCUT2D eigenvalue weighted by Crippen LogP contribution is 2.12. The third kappa shape index (κ3) is 2.71.